The van der Waals surface area contributed by atoms with Crippen LogP contribution in [0.5, 0.6) is 0 Å². The van der Waals surface area contributed by atoms with Gasteiger partial charge in [-0.2, -0.15) is 0 Å². The molecular formula is C9H15N4U. The van der Waals surface area contributed by atoms with E-state index in [1.807, 2.05) is 12.1 Å². The molecule has 0 fully saturated rings. The van der Waals surface area contributed by atoms with Crippen LogP contribution in [0, 0.1) is 23.0 Å². The van der Waals surface area contributed by atoms with E-state index in [0.717, 1.165) is 11.2 Å². The summed E-state index contributed by atoms with van der Waals surface area (Å²) in [6.07, 6.45) is 1.80. The fourth-order valence-corrected chi connectivity index (χ4v) is 7.29. The van der Waals surface area contributed by atoms with Crippen molar-refractivity contribution < 1.29 is 23.0 Å². The zero-order valence-corrected chi connectivity index (χ0v) is 13.2. The van der Waals surface area contributed by atoms with Gasteiger partial charge in [-0.15, -0.1) is 0 Å². The summed E-state index contributed by atoms with van der Waals surface area (Å²) in [6.45, 7) is 0. The molecule has 75 valence electrons. The van der Waals surface area contributed by atoms with E-state index in [1.54, 1.807) is 6.20 Å². The first-order valence-corrected chi connectivity index (χ1v) is 23.3. The SMILES string of the molecule is [CH3][U]([CH3])([CH3])([CH3])[n]1nnc2cccnc21. The van der Waals surface area contributed by atoms with Crippen LogP contribution in [0.15, 0.2) is 18.3 Å². The Morgan fingerprint density at radius 1 is 1.21 bits per heavy atom. The van der Waals surface area contributed by atoms with Gasteiger partial charge in [-0.05, 0) is 0 Å². The van der Waals surface area contributed by atoms with Crippen LogP contribution in [-0.2, 0) is 0 Å². The Morgan fingerprint density at radius 2 is 1.93 bits per heavy atom. The standard InChI is InChI=1S/C5H3N4.4CH3.U/c1-2-4-5(6-3-1)8-9-7-4;;;;;/h1-3H;4*1H3;/q-1;;;;;+1. The summed E-state index contributed by atoms with van der Waals surface area (Å²) in [4.78, 5) is 4.35. The number of hydrogen-bond acceptors (Lipinski definition) is 3. The molecule has 0 atom stereocenters. The number of rotatable bonds is 1. The van der Waals surface area contributed by atoms with Crippen LogP contribution >= 0.6 is 0 Å². The second-order valence-corrected chi connectivity index (χ2v) is 39.9. The normalized spacial score (nSPS) is 15.3. The fraction of sp³-hybridized carbons (Fsp3) is 0.444. The molecule has 0 bridgehead atoms. The maximum atomic E-state index is 4.35. The molecule has 0 radical (unpaired) electrons. The molecule has 2 rings (SSSR count). The van der Waals surface area contributed by atoms with Crippen molar-refractivity contribution in [2.75, 3.05) is 0 Å². The second-order valence-electron chi connectivity index (χ2n) is 5.74. The summed E-state index contributed by atoms with van der Waals surface area (Å²) >= 11 is -2.98. The fourth-order valence-electron chi connectivity index (χ4n) is 1.37. The molecule has 0 aromatic carbocycles. The number of fused-ring (bicyclic) bond motifs is 1. The van der Waals surface area contributed by atoms with Gasteiger partial charge in [0.1, 0.15) is 0 Å². The van der Waals surface area contributed by atoms with Gasteiger partial charge < -0.3 is 0 Å². The summed E-state index contributed by atoms with van der Waals surface area (Å²) in [5, 5.41) is 8.38. The van der Waals surface area contributed by atoms with Gasteiger partial charge in [-0.3, -0.25) is 0 Å². The van der Waals surface area contributed by atoms with E-state index in [9.17, 15) is 0 Å². The molecule has 0 spiro atoms. The van der Waals surface area contributed by atoms with Crippen molar-refractivity contribution in [2.24, 2.45) is 0 Å². The Labute approximate surface area is 85.2 Å². The number of hydrogen-bond donors (Lipinski definition) is 0. The number of aromatic nitrogens is 4. The molecule has 0 aliphatic carbocycles. The molecular weight excluding hydrogens is 402 g/mol. The van der Waals surface area contributed by atoms with Gasteiger partial charge in [0.05, 0.1) is 0 Å². The number of pyridine rings is 1. The molecule has 14 heavy (non-hydrogen) atoms. The summed E-state index contributed by atoms with van der Waals surface area (Å²) in [5.74, 6) is 0. The molecule has 0 saturated carbocycles. The molecule has 0 aliphatic heterocycles. The minimum atomic E-state index is -2.98. The molecule has 0 unspecified atom stereocenters. The van der Waals surface area contributed by atoms with Crippen molar-refractivity contribution in [3.63, 3.8) is 0 Å². The topological polar surface area (TPSA) is 43.6 Å². The van der Waals surface area contributed by atoms with Gasteiger partial charge in [0, 0.05) is 0 Å². The molecule has 2 aromatic rings. The van der Waals surface area contributed by atoms with Crippen LogP contribution in [0.1, 0.15) is 0 Å². The summed E-state index contributed by atoms with van der Waals surface area (Å²) in [7, 11) is 0. The summed E-state index contributed by atoms with van der Waals surface area (Å²) < 4.78 is 11.4. The van der Waals surface area contributed by atoms with Crippen LogP contribution in [0.2, 0.25) is 15.8 Å². The maximum absolute atomic E-state index is 4.35. The molecule has 0 saturated heterocycles. The van der Waals surface area contributed by atoms with Crippen molar-refractivity contribution >= 4 is 11.2 Å². The van der Waals surface area contributed by atoms with Crippen LogP contribution in [0.25, 0.3) is 11.2 Å². The molecule has 0 aliphatic rings. The average molecular weight is 417 g/mol. The summed E-state index contributed by atoms with van der Waals surface area (Å²) in [6, 6.07) is 3.85. The van der Waals surface area contributed by atoms with Crippen LogP contribution < -0.4 is 0 Å². The van der Waals surface area contributed by atoms with Gasteiger partial charge in [0.2, 0.25) is 0 Å². The Morgan fingerprint density at radius 3 is 2.57 bits per heavy atom. The molecule has 4 nitrogen and oxygen atoms in total. The van der Waals surface area contributed by atoms with E-state index in [-0.39, 0.29) is 0 Å². The monoisotopic (exact) mass is 417 g/mol. The third-order valence-corrected chi connectivity index (χ3v) is 10.4. The Bertz CT molecular complexity index is 471. The van der Waals surface area contributed by atoms with Gasteiger partial charge >= 0.3 is 85.6 Å². The number of nitrogens with zero attached hydrogens (tertiary/aromatic N) is 4. The minimum absolute atomic E-state index is 0.893. The van der Waals surface area contributed by atoms with Crippen LogP contribution in [-0.4, -0.2) is 17.3 Å². The van der Waals surface area contributed by atoms with Crippen LogP contribution in [0.4, 0.5) is 0 Å². The molecule has 0 amide bonds. The predicted molar refractivity (Wildman–Crippen MR) is 54.2 cm³/mol. The van der Waals surface area contributed by atoms with E-state index in [4.69, 9.17) is 0 Å². The molecule has 2 aromatic heterocycles. The predicted octanol–water partition coefficient (Wildman–Crippen LogP) is 2.47. The third-order valence-electron chi connectivity index (χ3n) is 2.06. The molecule has 2 heterocycles. The van der Waals surface area contributed by atoms with Crippen LogP contribution in [0.3, 0.4) is 0 Å². The van der Waals surface area contributed by atoms with E-state index >= 15 is 0 Å². The van der Waals surface area contributed by atoms with Crippen molar-refractivity contribution in [2.45, 2.75) is 15.8 Å². The first-order chi connectivity index (χ1) is 6.35. The average Bonchev–Trinajstić information content (AvgIpc) is 2.44. The van der Waals surface area contributed by atoms with E-state index < -0.39 is 23.0 Å². The van der Waals surface area contributed by atoms with Gasteiger partial charge in [0.25, 0.3) is 0 Å². The first-order valence-electron chi connectivity index (χ1n) is 4.76. The van der Waals surface area contributed by atoms with E-state index in [2.05, 4.69) is 33.1 Å². The first kappa shape index (κ1) is 10.1. The Kier molecular flexibility index (Phi) is 2.03. The van der Waals surface area contributed by atoms with E-state index in [0.29, 0.717) is 0 Å². The Balaban J connectivity index is 2.77. The van der Waals surface area contributed by atoms with Crippen molar-refractivity contribution in [3.05, 3.63) is 18.3 Å². The van der Waals surface area contributed by atoms with Gasteiger partial charge in [0.15, 0.2) is 0 Å². The van der Waals surface area contributed by atoms with Crippen molar-refractivity contribution in [1.29, 1.82) is 0 Å². The van der Waals surface area contributed by atoms with Gasteiger partial charge in [-0.1, -0.05) is 0 Å². The third kappa shape index (κ3) is 1.71. The van der Waals surface area contributed by atoms with E-state index in [1.165, 1.54) is 0 Å². The van der Waals surface area contributed by atoms with Crippen molar-refractivity contribution in [3.8, 4) is 0 Å². The quantitative estimate of drug-likeness (QED) is 0.716. The Hall–Kier alpha value is -0.398. The zero-order valence-electron chi connectivity index (χ0n) is 9.02. The second kappa shape index (κ2) is 2.80. The molecule has 5 heteroatoms. The summed E-state index contributed by atoms with van der Waals surface area (Å²) in [5.41, 5.74) is 1.82. The van der Waals surface area contributed by atoms with Gasteiger partial charge in [-0.25, -0.2) is 0 Å². The molecule has 0 N–H and O–H groups in total. The van der Waals surface area contributed by atoms with Crippen molar-refractivity contribution in [1.82, 2.24) is 17.3 Å². The zero-order chi connectivity index (χ0) is 10.4.